The summed E-state index contributed by atoms with van der Waals surface area (Å²) in [5.74, 6) is 3.56. The lowest BCUT2D eigenvalue weighted by Crippen LogP contribution is -2.35. The van der Waals surface area contributed by atoms with Crippen molar-refractivity contribution in [3.63, 3.8) is 0 Å². The molecule has 2 amide bonds. The maximum atomic E-state index is 12.6. The Morgan fingerprint density at radius 3 is 1.41 bits per heavy atom. The molecule has 1 aliphatic carbocycles. The number of rotatable bonds is 25. The highest BCUT2D eigenvalue weighted by molar-refractivity contribution is 5.77. The fourth-order valence-electron chi connectivity index (χ4n) is 8.88. The summed E-state index contributed by atoms with van der Waals surface area (Å²) in [6.45, 7) is 6.06. The van der Waals surface area contributed by atoms with E-state index in [-0.39, 0.29) is 26.3 Å². The summed E-state index contributed by atoms with van der Waals surface area (Å²) < 4.78 is 39.7. The van der Waals surface area contributed by atoms with E-state index < -0.39 is 37.2 Å². The molecule has 1 aliphatic rings. The van der Waals surface area contributed by atoms with Crippen LogP contribution in [0.15, 0.2) is 227 Å². The largest absolute Gasteiger partial charge is 0.493 e. The Hall–Kier alpha value is -10.7. The van der Waals surface area contributed by atoms with E-state index in [1.54, 1.807) is 42.5 Å². The number of nitrogens with zero attached hydrogens (tertiary/aromatic N) is 4. The van der Waals surface area contributed by atoms with Gasteiger partial charge in [0, 0.05) is 37.1 Å². The number of hydrogen-bond donors (Lipinski definition) is 2. The van der Waals surface area contributed by atoms with Crippen molar-refractivity contribution in [2.24, 2.45) is 0 Å². The van der Waals surface area contributed by atoms with Gasteiger partial charge in [-0.25, -0.2) is 19.6 Å². The van der Waals surface area contributed by atoms with Gasteiger partial charge in [0.25, 0.3) is 0 Å². The van der Waals surface area contributed by atoms with Crippen LogP contribution in [0.2, 0.25) is 0 Å². The van der Waals surface area contributed by atoms with Gasteiger partial charge in [-0.15, -0.1) is 0 Å². The Labute approximate surface area is 511 Å². The second kappa shape index (κ2) is 33.1. The molecular weight excluding hydrogens is 1120 g/mol. The molecule has 9 aromatic rings. The molecule has 88 heavy (non-hydrogen) atoms. The lowest BCUT2D eigenvalue weighted by molar-refractivity contribution is -0.139. The van der Waals surface area contributed by atoms with Crippen molar-refractivity contribution in [2.75, 3.05) is 26.3 Å². The van der Waals surface area contributed by atoms with Crippen LogP contribution in [0.25, 0.3) is 22.9 Å². The fraction of sp³-hybridized carbons (Fsp3) is 0.211. The highest BCUT2D eigenvalue weighted by atomic mass is 16.6. The van der Waals surface area contributed by atoms with Gasteiger partial charge >= 0.3 is 24.1 Å². The van der Waals surface area contributed by atoms with Gasteiger partial charge in [-0.3, -0.25) is 19.4 Å². The average molecular weight is 1190 g/mol. The molecule has 0 saturated carbocycles. The average Bonchev–Trinajstić information content (AvgIpc) is 4.24. The van der Waals surface area contributed by atoms with E-state index >= 15 is 0 Å². The molecule has 7 aromatic carbocycles. The van der Waals surface area contributed by atoms with Gasteiger partial charge in [0.2, 0.25) is 11.8 Å². The number of carboxylic acids is 2. The molecular formula is C71H70N4O13. The Morgan fingerprint density at radius 2 is 0.943 bits per heavy atom. The molecule has 2 N–H and O–H groups in total. The summed E-state index contributed by atoms with van der Waals surface area (Å²) in [5, 5.41) is 18.5. The highest BCUT2D eigenvalue weighted by Crippen LogP contribution is 2.25. The van der Waals surface area contributed by atoms with Crippen LogP contribution < -0.4 is 14.2 Å². The molecule has 0 saturated heterocycles. The number of carbonyl (C=O) groups is 4. The quantitative estimate of drug-likeness (QED) is 0.0544. The minimum atomic E-state index is -1.12. The molecule has 0 aliphatic heterocycles. The first-order valence-electron chi connectivity index (χ1n) is 28.8. The van der Waals surface area contributed by atoms with E-state index in [1.165, 1.54) is 5.56 Å². The smallest absolute Gasteiger partial charge is 0.410 e. The van der Waals surface area contributed by atoms with E-state index in [2.05, 4.69) is 41.2 Å². The minimum Gasteiger partial charge on any atom is -0.493 e. The molecule has 0 atom stereocenters. The molecule has 2 heterocycles. The summed E-state index contributed by atoms with van der Waals surface area (Å²) in [6.07, 6.45) is 7.99. The number of ether oxygens (including phenoxy) is 5. The third kappa shape index (κ3) is 20.5. The van der Waals surface area contributed by atoms with Crippen LogP contribution in [0, 0.1) is 13.8 Å². The maximum absolute atomic E-state index is 12.6. The number of oxazole rings is 2. The van der Waals surface area contributed by atoms with Crippen molar-refractivity contribution in [2.45, 2.75) is 72.8 Å². The van der Waals surface area contributed by atoms with Gasteiger partial charge in [-0.1, -0.05) is 146 Å². The predicted molar refractivity (Wildman–Crippen MR) is 332 cm³/mol. The van der Waals surface area contributed by atoms with Gasteiger partial charge in [-0.2, -0.15) is 0 Å². The molecule has 0 spiro atoms. The monoisotopic (exact) mass is 1190 g/mol. The Morgan fingerprint density at radius 1 is 0.500 bits per heavy atom. The first-order chi connectivity index (χ1) is 42.8. The molecule has 10 rings (SSSR count). The lowest BCUT2D eigenvalue weighted by Gasteiger charge is -2.20. The summed E-state index contributed by atoms with van der Waals surface area (Å²) in [7, 11) is 0. The molecule has 0 bridgehead atoms. The minimum absolute atomic E-state index is 0.0619. The van der Waals surface area contributed by atoms with E-state index in [0.717, 1.165) is 90.4 Å². The standard InChI is InChI=1S/2C29H28N2O6.C13H14O/c1-21-26(30-28(37-21)24-12-6-3-7-13-24)15-16-35-25-14-8-11-23(17-25)18-31(19-27(32)33)29(34)36-20-22-9-4-2-5-10-22;1-21-26(30-28(37-21)24-10-6-3-7-11-24)16-17-35-25-14-12-22(13-15-25)18-31(19-27(32)33)29(34)36-20-23-8-4-2-5-9-23;1-2-11-7-9-13(10-8-11)14-12-5-3-4-6-12/h2-14,17H,15-16,18-20H2,1H3,(H,32,33);2-15H,16-20H2,1H3,(H,32,33);3,5-10H,2,4H2,1H3. The third-order valence-electron chi connectivity index (χ3n) is 13.5. The molecule has 0 fully saturated rings. The first kappa shape index (κ1) is 63.3. The third-order valence-corrected chi connectivity index (χ3v) is 13.5. The highest BCUT2D eigenvalue weighted by Gasteiger charge is 2.21. The SMILES string of the molecule is CCc1ccc(OC2=CCC=C2)cc1.Cc1oc(-c2ccccc2)nc1CCOc1ccc(CN(CC(=O)O)C(=O)OCc2ccccc2)cc1.Cc1oc(-c2ccccc2)nc1CCOc1cccc(CN(CC(=O)O)C(=O)OCc2ccccc2)c1. The Kier molecular flexibility index (Phi) is 23.8. The first-order valence-corrected chi connectivity index (χ1v) is 28.8. The van der Waals surface area contributed by atoms with Crippen molar-refractivity contribution in [3.05, 3.63) is 269 Å². The molecule has 2 aromatic heterocycles. The Balaban J connectivity index is 0.000000187. The number of benzene rings is 7. The molecule has 17 heteroatoms. The molecule has 452 valence electrons. The van der Waals surface area contributed by atoms with E-state index in [0.29, 0.717) is 49.3 Å². The van der Waals surface area contributed by atoms with Crippen molar-refractivity contribution < 1.29 is 61.9 Å². The normalized spacial score (nSPS) is 11.2. The van der Waals surface area contributed by atoms with Crippen molar-refractivity contribution in [3.8, 4) is 40.2 Å². The van der Waals surface area contributed by atoms with Gasteiger partial charge in [0.1, 0.15) is 60.8 Å². The summed E-state index contributed by atoms with van der Waals surface area (Å²) in [6, 6.07) is 60.5. The number of amides is 2. The topological polar surface area (TPSA) is 213 Å². The van der Waals surface area contributed by atoms with E-state index in [1.807, 2.05) is 159 Å². The zero-order valence-electron chi connectivity index (χ0n) is 49.4. The van der Waals surface area contributed by atoms with Crippen LogP contribution in [-0.4, -0.2) is 80.4 Å². The lowest BCUT2D eigenvalue weighted by atomic mass is 10.2. The van der Waals surface area contributed by atoms with Crippen LogP contribution >= 0.6 is 0 Å². The second-order valence-corrected chi connectivity index (χ2v) is 20.2. The number of hydrogen-bond acceptors (Lipinski definition) is 13. The maximum Gasteiger partial charge on any atom is 0.410 e. The van der Waals surface area contributed by atoms with Crippen LogP contribution in [0.3, 0.4) is 0 Å². The number of aromatic nitrogens is 2. The van der Waals surface area contributed by atoms with Gasteiger partial charge in [0.15, 0.2) is 0 Å². The summed E-state index contributed by atoms with van der Waals surface area (Å²) in [4.78, 5) is 59.2. The Bertz CT molecular complexity index is 3700. The van der Waals surface area contributed by atoms with Crippen molar-refractivity contribution >= 4 is 24.1 Å². The number of carbonyl (C=O) groups excluding carboxylic acids is 2. The summed E-state index contributed by atoms with van der Waals surface area (Å²) in [5.41, 5.74) is 7.97. The van der Waals surface area contributed by atoms with Gasteiger partial charge < -0.3 is 42.7 Å². The van der Waals surface area contributed by atoms with Crippen LogP contribution in [0.5, 0.6) is 17.2 Å². The number of allylic oxidation sites excluding steroid dienone is 3. The zero-order valence-corrected chi connectivity index (χ0v) is 49.4. The zero-order chi connectivity index (χ0) is 61.9. The number of aryl methyl sites for hydroxylation is 3. The van der Waals surface area contributed by atoms with E-state index in [9.17, 15) is 29.4 Å². The second-order valence-electron chi connectivity index (χ2n) is 20.2. The number of carboxylic acid groups (broad SMARTS) is 2. The molecule has 0 unspecified atom stereocenters. The van der Waals surface area contributed by atoms with Crippen LogP contribution in [0.1, 0.15) is 64.1 Å². The predicted octanol–water partition coefficient (Wildman–Crippen LogP) is 14.5. The fourth-order valence-corrected chi connectivity index (χ4v) is 8.88. The van der Waals surface area contributed by atoms with Crippen molar-refractivity contribution in [1.29, 1.82) is 0 Å². The molecule has 17 nitrogen and oxygen atoms in total. The molecule has 0 radical (unpaired) electrons. The van der Waals surface area contributed by atoms with E-state index in [4.69, 9.17) is 32.5 Å². The number of aliphatic carboxylic acids is 2. The van der Waals surface area contributed by atoms with Gasteiger partial charge in [0.05, 0.1) is 24.6 Å². The van der Waals surface area contributed by atoms with Gasteiger partial charge in [-0.05, 0) is 127 Å². The summed E-state index contributed by atoms with van der Waals surface area (Å²) >= 11 is 0. The van der Waals surface area contributed by atoms with Crippen molar-refractivity contribution in [1.82, 2.24) is 19.8 Å². The van der Waals surface area contributed by atoms with Crippen LogP contribution in [-0.2, 0) is 64.6 Å². The van der Waals surface area contributed by atoms with Crippen LogP contribution in [0.4, 0.5) is 9.59 Å².